The molecule has 0 radical (unpaired) electrons. The molecule has 2 unspecified atom stereocenters. The summed E-state index contributed by atoms with van der Waals surface area (Å²) in [6.45, 7) is 8.96. The first-order chi connectivity index (χ1) is 18.8. The van der Waals surface area contributed by atoms with Gasteiger partial charge >= 0.3 is 5.97 Å². The van der Waals surface area contributed by atoms with Gasteiger partial charge in [0.05, 0.1) is 17.8 Å². The highest BCUT2D eigenvalue weighted by Gasteiger charge is 2.49. The van der Waals surface area contributed by atoms with E-state index in [2.05, 4.69) is 10.6 Å². The van der Waals surface area contributed by atoms with Crippen LogP contribution >= 0.6 is 11.8 Å². The molecule has 0 saturated carbocycles. The number of carbonyl (C=O) groups is 4. The lowest BCUT2D eigenvalue weighted by atomic mass is 9.93. The Morgan fingerprint density at radius 2 is 1.65 bits per heavy atom. The molecule has 216 valence electrons. The van der Waals surface area contributed by atoms with E-state index in [4.69, 9.17) is 0 Å². The average molecular weight is 570 g/mol. The third-order valence-corrected chi connectivity index (χ3v) is 8.98. The fraction of sp³-hybridized carbons (Fsp3) is 0.467. The second-order valence-electron chi connectivity index (χ2n) is 10.9. The number of thioether (sulfide) groups is 1. The first-order valence-electron chi connectivity index (χ1n) is 13.3. The Bertz CT molecular complexity index is 1220. The van der Waals surface area contributed by atoms with Gasteiger partial charge in [0.1, 0.15) is 6.04 Å². The molecular weight excluding hydrogens is 530 g/mol. The number of nitrogens with one attached hydrogen (secondary N) is 2. The third kappa shape index (κ3) is 7.42. The van der Waals surface area contributed by atoms with Crippen LogP contribution in [0.1, 0.15) is 44.4 Å². The SMILES string of the molecule is Cc1ccccc1CNC(=O)[C@H]1N(C(=O)[C@@H](O)[C@H](Cc2ccccc2)NC(=O)C(C)C(C)C(=O)O)CSC1(C)C. The zero-order valence-corrected chi connectivity index (χ0v) is 24.4. The quantitative estimate of drug-likeness (QED) is 0.327. The van der Waals surface area contributed by atoms with Crippen molar-refractivity contribution in [2.45, 2.75) is 70.5 Å². The maximum absolute atomic E-state index is 13.7. The van der Waals surface area contributed by atoms with Crippen LogP contribution in [0.15, 0.2) is 54.6 Å². The van der Waals surface area contributed by atoms with Crippen LogP contribution in [0.5, 0.6) is 0 Å². The molecule has 4 N–H and O–H groups in total. The number of amides is 3. The fourth-order valence-corrected chi connectivity index (χ4v) is 5.85. The first kappa shape index (κ1) is 31.2. The van der Waals surface area contributed by atoms with Gasteiger partial charge in [-0.25, -0.2) is 0 Å². The van der Waals surface area contributed by atoms with E-state index in [1.807, 2.05) is 75.4 Å². The van der Waals surface area contributed by atoms with E-state index in [-0.39, 0.29) is 18.2 Å². The lowest BCUT2D eigenvalue weighted by Gasteiger charge is -2.33. The Hall–Kier alpha value is -3.37. The summed E-state index contributed by atoms with van der Waals surface area (Å²) in [4.78, 5) is 52.9. The van der Waals surface area contributed by atoms with E-state index in [1.54, 1.807) is 0 Å². The van der Waals surface area contributed by atoms with Crippen molar-refractivity contribution >= 4 is 35.5 Å². The van der Waals surface area contributed by atoms with Crippen molar-refractivity contribution in [1.82, 2.24) is 15.5 Å². The van der Waals surface area contributed by atoms with Crippen molar-refractivity contribution in [3.63, 3.8) is 0 Å². The van der Waals surface area contributed by atoms with E-state index < -0.39 is 52.6 Å². The Labute approximate surface area is 239 Å². The monoisotopic (exact) mass is 569 g/mol. The summed E-state index contributed by atoms with van der Waals surface area (Å²) in [5.41, 5.74) is 2.78. The fourth-order valence-electron chi connectivity index (χ4n) is 4.71. The van der Waals surface area contributed by atoms with Crippen LogP contribution in [-0.2, 0) is 32.1 Å². The maximum Gasteiger partial charge on any atom is 0.307 e. The molecule has 40 heavy (non-hydrogen) atoms. The summed E-state index contributed by atoms with van der Waals surface area (Å²) < 4.78 is -0.616. The Kier molecular flexibility index (Phi) is 10.4. The molecule has 0 spiro atoms. The lowest BCUT2D eigenvalue weighted by molar-refractivity contribution is -0.149. The number of benzene rings is 2. The molecule has 1 saturated heterocycles. The molecule has 9 nitrogen and oxygen atoms in total. The van der Waals surface area contributed by atoms with Crippen molar-refractivity contribution in [2.24, 2.45) is 11.8 Å². The van der Waals surface area contributed by atoms with E-state index >= 15 is 0 Å². The van der Waals surface area contributed by atoms with Gasteiger partial charge in [0.25, 0.3) is 5.91 Å². The number of carboxylic acids is 1. The summed E-state index contributed by atoms with van der Waals surface area (Å²) in [6.07, 6.45) is -1.51. The van der Waals surface area contributed by atoms with Crippen LogP contribution in [0.3, 0.4) is 0 Å². The van der Waals surface area contributed by atoms with Gasteiger partial charge in [-0.2, -0.15) is 0 Å². The van der Waals surface area contributed by atoms with E-state index in [0.29, 0.717) is 6.54 Å². The molecular formula is C30H39N3O6S. The predicted molar refractivity (Wildman–Crippen MR) is 154 cm³/mol. The van der Waals surface area contributed by atoms with Gasteiger partial charge in [-0.05, 0) is 43.9 Å². The van der Waals surface area contributed by atoms with Crippen molar-refractivity contribution in [3.05, 3.63) is 71.3 Å². The Morgan fingerprint density at radius 3 is 2.27 bits per heavy atom. The smallest absolute Gasteiger partial charge is 0.307 e. The average Bonchev–Trinajstić information content (AvgIpc) is 3.25. The van der Waals surface area contributed by atoms with Crippen molar-refractivity contribution < 1.29 is 29.4 Å². The maximum atomic E-state index is 13.7. The molecule has 10 heteroatoms. The van der Waals surface area contributed by atoms with Gasteiger partial charge in [0.2, 0.25) is 11.8 Å². The number of aryl methyl sites for hydroxylation is 1. The second kappa shape index (κ2) is 13.3. The van der Waals surface area contributed by atoms with Crippen molar-refractivity contribution in [3.8, 4) is 0 Å². The van der Waals surface area contributed by atoms with E-state index in [0.717, 1.165) is 16.7 Å². The number of hydrogen-bond acceptors (Lipinski definition) is 6. The minimum Gasteiger partial charge on any atom is -0.481 e. The zero-order chi connectivity index (χ0) is 29.6. The molecule has 1 aliphatic heterocycles. The van der Waals surface area contributed by atoms with Gasteiger partial charge in [0.15, 0.2) is 6.10 Å². The van der Waals surface area contributed by atoms with E-state index in [1.165, 1.54) is 30.5 Å². The Balaban J connectivity index is 1.81. The minimum atomic E-state index is -1.65. The number of hydrogen-bond donors (Lipinski definition) is 4. The highest BCUT2D eigenvalue weighted by atomic mass is 32.2. The standard InChI is InChI=1S/C30H39N3O6S/c1-18-11-9-10-14-22(18)16-31-27(36)25-30(4,5)40-17-33(25)28(37)24(34)23(15-21-12-7-6-8-13-21)32-26(35)19(2)20(3)29(38)39/h6-14,19-20,23-25,34H,15-17H2,1-5H3,(H,31,36)(H,32,35)(H,38,39)/t19?,20?,23-,24-,25+/m0/s1. The van der Waals surface area contributed by atoms with Crippen molar-refractivity contribution in [1.29, 1.82) is 0 Å². The molecule has 0 bridgehead atoms. The highest BCUT2D eigenvalue weighted by molar-refractivity contribution is 8.00. The number of aliphatic hydroxyl groups is 1. The van der Waals surface area contributed by atoms with Crippen molar-refractivity contribution in [2.75, 3.05) is 5.88 Å². The first-order valence-corrected chi connectivity index (χ1v) is 14.3. The topological polar surface area (TPSA) is 136 Å². The molecule has 1 fully saturated rings. The highest BCUT2D eigenvalue weighted by Crippen LogP contribution is 2.40. The number of rotatable bonds is 11. The molecule has 0 aliphatic carbocycles. The largest absolute Gasteiger partial charge is 0.481 e. The summed E-state index contributed by atoms with van der Waals surface area (Å²) in [7, 11) is 0. The van der Waals surface area contributed by atoms with Crippen LogP contribution in [0.25, 0.3) is 0 Å². The summed E-state index contributed by atoms with van der Waals surface area (Å²) in [5.74, 6) is -4.34. The molecule has 2 aromatic carbocycles. The minimum absolute atomic E-state index is 0.141. The van der Waals surface area contributed by atoms with Gasteiger partial charge in [-0.1, -0.05) is 68.4 Å². The number of carboxylic acid groups (broad SMARTS) is 1. The molecule has 5 atom stereocenters. The van der Waals surface area contributed by atoms with E-state index in [9.17, 15) is 29.4 Å². The molecule has 3 amide bonds. The van der Waals surface area contributed by atoms with Crippen LogP contribution < -0.4 is 10.6 Å². The molecule has 1 aliphatic rings. The van der Waals surface area contributed by atoms with Crippen LogP contribution in [0.4, 0.5) is 0 Å². The van der Waals surface area contributed by atoms with Gasteiger partial charge in [0, 0.05) is 17.2 Å². The third-order valence-electron chi connectivity index (χ3n) is 7.60. The molecule has 0 aromatic heterocycles. The van der Waals surface area contributed by atoms with Gasteiger partial charge < -0.3 is 25.7 Å². The second-order valence-corrected chi connectivity index (χ2v) is 12.5. The van der Waals surface area contributed by atoms with Crippen LogP contribution in [0.2, 0.25) is 0 Å². The Morgan fingerprint density at radius 1 is 1.02 bits per heavy atom. The molecule has 2 aromatic rings. The normalized spacial score (nSPS) is 19.2. The van der Waals surface area contributed by atoms with Gasteiger partial charge in [-0.15, -0.1) is 11.8 Å². The van der Waals surface area contributed by atoms with Crippen LogP contribution in [-0.4, -0.2) is 67.6 Å². The van der Waals surface area contributed by atoms with Gasteiger partial charge in [-0.3, -0.25) is 19.2 Å². The molecule has 3 rings (SSSR count). The number of carbonyl (C=O) groups excluding carboxylic acids is 3. The lowest BCUT2D eigenvalue weighted by Crippen LogP contribution is -2.59. The summed E-state index contributed by atoms with van der Waals surface area (Å²) in [5, 5.41) is 26.3. The number of aliphatic hydroxyl groups excluding tert-OH is 1. The summed E-state index contributed by atoms with van der Waals surface area (Å²) in [6, 6.07) is 14.9. The zero-order valence-electron chi connectivity index (χ0n) is 23.6. The van der Waals surface area contributed by atoms with Crippen LogP contribution in [0, 0.1) is 18.8 Å². The number of aliphatic carboxylic acids is 1. The molecule has 1 heterocycles. The summed E-state index contributed by atoms with van der Waals surface area (Å²) >= 11 is 1.44. The number of nitrogens with zero attached hydrogens (tertiary/aromatic N) is 1. The predicted octanol–water partition coefficient (Wildman–Crippen LogP) is 2.74.